The Morgan fingerprint density at radius 1 is 0.771 bits per heavy atom. The van der Waals surface area contributed by atoms with E-state index in [1.54, 1.807) is 46.8 Å². The number of aryl methyl sites for hydroxylation is 1. The van der Waals surface area contributed by atoms with Crippen LogP contribution in [0.2, 0.25) is 0 Å². The van der Waals surface area contributed by atoms with Gasteiger partial charge in [-0.2, -0.15) is 0 Å². The monoisotopic (exact) mass is 472 g/mol. The molecule has 0 fully saturated rings. The molecule has 180 valence electrons. The second-order valence-electron chi connectivity index (χ2n) is 8.01. The van der Waals surface area contributed by atoms with E-state index < -0.39 is 6.04 Å². The van der Waals surface area contributed by atoms with E-state index in [0.717, 1.165) is 21.9 Å². The van der Waals surface area contributed by atoms with Gasteiger partial charge in [0.05, 0.1) is 40.2 Å². The van der Waals surface area contributed by atoms with E-state index in [9.17, 15) is 4.79 Å². The molecule has 4 aromatic rings. The van der Waals surface area contributed by atoms with Gasteiger partial charge in [-0.1, -0.05) is 23.8 Å². The topological polar surface area (TPSA) is 78.9 Å². The van der Waals surface area contributed by atoms with E-state index >= 15 is 0 Å². The second kappa shape index (κ2) is 10.3. The van der Waals surface area contributed by atoms with Crippen LogP contribution in [0.1, 0.15) is 33.2 Å². The summed E-state index contributed by atoms with van der Waals surface area (Å²) in [6.07, 6.45) is 1.72. The molecule has 0 aliphatic carbocycles. The van der Waals surface area contributed by atoms with Crippen molar-refractivity contribution < 1.29 is 23.7 Å². The number of benzene rings is 3. The Morgan fingerprint density at radius 2 is 1.40 bits per heavy atom. The Balaban J connectivity index is 1.88. The van der Waals surface area contributed by atoms with Crippen LogP contribution in [0.25, 0.3) is 10.8 Å². The molecule has 1 amide bonds. The van der Waals surface area contributed by atoms with E-state index in [-0.39, 0.29) is 5.91 Å². The predicted octanol–water partition coefficient (Wildman–Crippen LogP) is 5.10. The number of carbonyl (C=O) groups is 1. The van der Waals surface area contributed by atoms with Crippen molar-refractivity contribution in [2.24, 2.45) is 0 Å². The highest BCUT2D eigenvalue weighted by Crippen LogP contribution is 2.37. The van der Waals surface area contributed by atoms with Crippen LogP contribution in [-0.2, 0) is 0 Å². The van der Waals surface area contributed by atoms with Gasteiger partial charge in [-0.3, -0.25) is 9.78 Å². The molecule has 1 heterocycles. The summed E-state index contributed by atoms with van der Waals surface area (Å²) in [6.45, 7) is 1.98. The summed E-state index contributed by atoms with van der Waals surface area (Å²) in [5.41, 5.74) is 3.09. The quantitative estimate of drug-likeness (QED) is 0.385. The molecule has 0 saturated heterocycles. The molecule has 1 atom stereocenters. The van der Waals surface area contributed by atoms with Crippen LogP contribution in [0.5, 0.6) is 23.0 Å². The molecule has 0 spiro atoms. The Kier molecular flexibility index (Phi) is 7.06. The minimum absolute atomic E-state index is 0.218. The van der Waals surface area contributed by atoms with Gasteiger partial charge in [0.2, 0.25) is 0 Å². The lowest BCUT2D eigenvalue weighted by Crippen LogP contribution is -2.30. The lowest BCUT2D eigenvalue weighted by Gasteiger charge is -2.22. The molecule has 0 aliphatic rings. The highest BCUT2D eigenvalue weighted by Gasteiger charge is 2.24. The van der Waals surface area contributed by atoms with Crippen LogP contribution >= 0.6 is 0 Å². The van der Waals surface area contributed by atoms with Gasteiger partial charge in [-0.15, -0.1) is 0 Å². The predicted molar refractivity (Wildman–Crippen MR) is 135 cm³/mol. The molecule has 1 aromatic heterocycles. The number of nitrogens with zero attached hydrogens (tertiary/aromatic N) is 1. The highest BCUT2D eigenvalue weighted by molar-refractivity contribution is 5.95. The first-order chi connectivity index (χ1) is 17.0. The smallest absolute Gasteiger partial charge is 0.252 e. The lowest BCUT2D eigenvalue weighted by molar-refractivity contribution is 0.0942. The third-order valence-electron chi connectivity index (χ3n) is 5.90. The molecule has 7 heteroatoms. The van der Waals surface area contributed by atoms with Gasteiger partial charge in [0.15, 0.2) is 23.0 Å². The average molecular weight is 473 g/mol. The molecule has 0 bridgehead atoms. The van der Waals surface area contributed by atoms with Crippen molar-refractivity contribution in [3.05, 3.63) is 89.2 Å². The van der Waals surface area contributed by atoms with Crippen LogP contribution in [0.4, 0.5) is 0 Å². The summed E-state index contributed by atoms with van der Waals surface area (Å²) in [5, 5.41) is 4.90. The summed E-state index contributed by atoms with van der Waals surface area (Å²) in [6, 6.07) is 18.1. The maximum Gasteiger partial charge on any atom is 0.252 e. The van der Waals surface area contributed by atoms with Crippen molar-refractivity contribution in [2.75, 3.05) is 28.4 Å². The number of hydrogen-bond acceptors (Lipinski definition) is 6. The maximum absolute atomic E-state index is 13.3. The SMILES string of the molecule is COc1ccc([C@H](NC(=O)c2ccc(C)cc2)c2nccc3cc(OC)c(OC)cc23)cc1OC. The zero-order valence-electron chi connectivity index (χ0n) is 20.4. The van der Waals surface area contributed by atoms with Crippen LogP contribution in [-0.4, -0.2) is 39.3 Å². The van der Waals surface area contributed by atoms with E-state index in [1.807, 2.05) is 55.5 Å². The standard InChI is InChI=1S/C28H28N2O5/c1-17-6-8-18(9-7-17)28(31)30-26(20-10-11-22(32-2)23(15-20)33-3)27-21-16-25(35-5)24(34-4)14-19(21)12-13-29-27/h6-16,26H,1-5H3,(H,30,31)/t26-/m0/s1. The van der Waals surface area contributed by atoms with Crippen molar-refractivity contribution in [2.45, 2.75) is 13.0 Å². The molecule has 0 saturated carbocycles. The molecule has 1 N–H and O–H groups in total. The second-order valence-corrected chi connectivity index (χ2v) is 8.01. The number of fused-ring (bicyclic) bond motifs is 1. The third-order valence-corrected chi connectivity index (χ3v) is 5.90. The summed E-state index contributed by atoms with van der Waals surface area (Å²) in [7, 11) is 6.35. The van der Waals surface area contributed by atoms with Crippen molar-refractivity contribution >= 4 is 16.7 Å². The fourth-order valence-corrected chi connectivity index (χ4v) is 4.01. The molecule has 7 nitrogen and oxygen atoms in total. The molecule has 0 aliphatic heterocycles. The van der Waals surface area contributed by atoms with Crippen LogP contribution in [0, 0.1) is 6.92 Å². The molecular formula is C28H28N2O5. The average Bonchev–Trinajstić information content (AvgIpc) is 2.90. The van der Waals surface area contributed by atoms with Gasteiger partial charge in [-0.25, -0.2) is 0 Å². The van der Waals surface area contributed by atoms with Gasteiger partial charge in [0, 0.05) is 17.1 Å². The van der Waals surface area contributed by atoms with Crippen LogP contribution < -0.4 is 24.3 Å². The number of carbonyl (C=O) groups excluding carboxylic acids is 1. The molecule has 35 heavy (non-hydrogen) atoms. The number of aromatic nitrogens is 1. The van der Waals surface area contributed by atoms with Crippen LogP contribution in [0.15, 0.2) is 66.9 Å². The van der Waals surface area contributed by atoms with Gasteiger partial charge in [-0.05, 0) is 60.3 Å². The Bertz CT molecular complexity index is 1350. The minimum atomic E-state index is -0.578. The fraction of sp³-hybridized carbons (Fsp3) is 0.214. The van der Waals surface area contributed by atoms with Gasteiger partial charge in [0.1, 0.15) is 0 Å². The molecule has 0 unspecified atom stereocenters. The summed E-state index contributed by atoms with van der Waals surface area (Å²) < 4.78 is 21.9. The summed E-state index contributed by atoms with van der Waals surface area (Å²) >= 11 is 0. The van der Waals surface area contributed by atoms with Crippen molar-refractivity contribution in [3.8, 4) is 23.0 Å². The highest BCUT2D eigenvalue weighted by atomic mass is 16.5. The number of amides is 1. The van der Waals surface area contributed by atoms with Gasteiger partial charge < -0.3 is 24.3 Å². The molecule has 0 radical (unpaired) electrons. The lowest BCUT2D eigenvalue weighted by atomic mass is 9.97. The number of hydrogen-bond donors (Lipinski definition) is 1. The minimum Gasteiger partial charge on any atom is -0.493 e. The van der Waals surface area contributed by atoms with Crippen molar-refractivity contribution in [1.82, 2.24) is 10.3 Å². The molecular weight excluding hydrogens is 444 g/mol. The maximum atomic E-state index is 13.3. The van der Waals surface area contributed by atoms with Crippen LogP contribution in [0.3, 0.4) is 0 Å². The number of nitrogens with one attached hydrogen (secondary N) is 1. The fourth-order valence-electron chi connectivity index (χ4n) is 4.01. The first kappa shape index (κ1) is 23.9. The van der Waals surface area contributed by atoms with E-state index in [2.05, 4.69) is 5.32 Å². The Hall–Kier alpha value is -4.26. The van der Waals surface area contributed by atoms with Crippen molar-refractivity contribution in [3.63, 3.8) is 0 Å². The molecule has 4 rings (SSSR count). The first-order valence-electron chi connectivity index (χ1n) is 11.1. The largest absolute Gasteiger partial charge is 0.493 e. The summed E-state index contributed by atoms with van der Waals surface area (Å²) in [5.74, 6) is 2.12. The zero-order chi connectivity index (χ0) is 24.9. The molecule has 3 aromatic carbocycles. The summed E-state index contributed by atoms with van der Waals surface area (Å²) in [4.78, 5) is 18.0. The van der Waals surface area contributed by atoms with Gasteiger partial charge >= 0.3 is 0 Å². The third kappa shape index (κ3) is 4.84. The number of pyridine rings is 1. The zero-order valence-corrected chi connectivity index (χ0v) is 20.4. The van der Waals surface area contributed by atoms with E-state index in [4.69, 9.17) is 23.9 Å². The Labute approximate surface area is 204 Å². The van der Waals surface area contributed by atoms with E-state index in [1.165, 1.54) is 0 Å². The van der Waals surface area contributed by atoms with Crippen molar-refractivity contribution in [1.29, 1.82) is 0 Å². The number of rotatable bonds is 8. The van der Waals surface area contributed by atoms with E-state index in [0.29, 0.717) is 34.3 Å². The number of methoxy groups -OCH3 is 4. The Morgan fingerprint density at radius 3 is 2.06 bits per heavy atom. The normalized spacial score (nSPS) is 11.6. The number of ether oxygens (including phenoxy) is 4. The van der Waals surface area contributed by atoms with Gasteiger partial charge in [0.25, 0.3) is 5.91 Å². The first-order valence-corrected chi connectivity index (χ1v) is 11.1.